The number of hydrogen-bond acceptors (Lipinski definition) is 3. The summed E-state index contributed by atoms with van der Waals surface area (Å²) in [5.74, 6) is -1.80. The van der Waals surface area contributed by atoms with Crippen molar-refractivity contribution in [2.75, 3.05) is 16.6 Å². The summed E-state index contributed by atoms with van der Waals surface area (Å²) < 4.78 is 51.5. The summed E-state index contributed by atoms with van der Waals surface area (Å²) in [5, 5.41) is 2.57. The van der Waals surface area contributed by atoms with E-state index < -0.39 is 27.6 Å². The first-order valence-corrected chi connectivity index (χ1v) is 9.30. The number of nitrogens with one attached hydrogen (secondary N) is 1. The van der Waals surface area contributed by atoms with Crippen molar-refractivity contribution in [2.45, 2.75) is 13.0 Å². The standard InChI is InChI=1S/C17H16F2N2O3S/c18-14-7-12(8-15(19)10-14)11-20-17(22)13-3-1-4-16(9-13)21-5-2-6-25(21,23)24/h1,3-4,7-10H,2,5-6,11H2,(H,20,22). The molecule has 2 aromatic carbocycles. The van der Waals surface area contributed by atoms with Gasteiger partial charge in [-0.15, -0.1) is 0 Å². The molecule has 1 aliphatic rings. The highest BCUT2D eigenvalue weighted by Gasteiger charge is 2.28. The van der Waals surface area contributed by atoms with Crippen LogP contribution in [-0.4, -0.2) is 26.6 Å². The van der Waals surface area contributed by atoms with Crippen molar-refractivity contribution in [1.82, 2.24) is 5.32 Å². The summed E-state index contributed by atoms with van der Waals surface area (Å²) in [6, 6.07) is 9.29. The summed E-state index contributed by atoms with van der Waals surface area (Å²) in [6.45, 7) is 0.343. The lowest BCUT2D eigenvalue weighted by Gasteiger charge is -2.17. The Balaban J connectivity index is 1.73. The second-order valence-electron chi connectivity index (χ2n) is 5.75. The summed E-state index contributed by atoms with van der Waals surface area (Å²) in [7, 11) is -3.33. The summed E-state index contributed by atoms with van der Waals surface area (Å²) in [6.07, 6.45) is 0.546. The molecule has 0 bridgehead atoms. The molecular formula is C17H16F2N2O3S. The van der Waals surface area contributed by atoms with E-state index in [0.717, 1.165) is 18.2 Å². The number of carbonyl (C=O) groups excluding carboxylic acids is 1. The van der Waals surface area contributed by atoms with E-state index in [1.165, 1.54) is 10.4 Å². The van der Waals surface area contributed by atoms with Crippen LogP contribution in [0.5, 0.6) is 0 Å². The Labute approximate surface area is 144 Å². The molecule has 0 atom stereocenters. The van der Waals surface area contributed by atoms with Crippen LogP contribution < -0.4 is 9.62 Å². The van der Waals surface area contributed by atoms with Gasteiger partial charge in [-0.25, -0.2) is 17.2 Å². The molecule has 1 amide bonds. The van der Waals surface area contributed by atoms with E-state index in [0.29, 0.717) is 24.2 Å². The average Bonchev–Trinajstić information content (AvgIpc) is 2.91. The van der Waals surface area contributed by atoms with Gasteiger partial charge in [0.2, 0.25) is 10.0 Å². The monoisotopic (exact) mass is 366 g/mol. The minimum absolute atomic E-state index is 0.0419. The molecule has 1 aliphatic heterocycles. The van der Waals surface area contributed by atoms with Crippen LogP contribution in [0.2, 0.25) is 0 Å². The Morgan fingerprint density at radius 3 is 2.48 bits per heavy atom. The van der Waals surface area contributed by atoms with E-state index >= 15 is 0 Å². The van der Waals surface area contributed by atoms with Crippen LogP contribution in [0.4, 0.5) is 14.5 Å². The third kappa shape index (κ3) is 3.96. The van der Waals surface area contributed by atoms with E-state index in [2.05, 4.69) is 5.32 Å². The van der Waals surface area contributed by atoms with Gasteiger partial charge in [-0.2, -0.15) is 0 Å². The maximum atomic E-state index is 13.2. The third-order valence-electron chi connectivity index (χ3n) is 3.87. The summed E-state index contributed by atoms with van der Waals surface area (Å²) in [5.41, 5.74) is 1.00. The number of carbonyl (C=O) groups is 1. The lowest BCUT2D eigenvalue weighted by Crippen LogP contribution is -2.26. The second-order valence-corrected chi connectivity index (χ2v) is 7.77. The molecule has 0 aliphatic carbocycles. The average molecular weight is 366 g/mol. The Bertz CT molecular complexity index is 896. The molecule has 1 saturated heterocycles. The highest BCUT2D eigenvalue weighted by Crippen LogP contribution is 2.24. The zero-order valence-electron chi connectivity index (χ0n) is 13.2. The fraction of sp³-hybridized carbons (Fsp3) is 0.235. The Morgan fingerprint density at radius 2 is 1.84 bits per heavy atom. The van der Waals surface area contributed by atoms with Crippen LogP contribution in [0, 0.1) is 11.6 Å². The highest BCUT2D eigenvalue weighted by atomic mass is 32.2. The van der Waals surface area contributed by atoms with Gasteiger partial charge in [0.1, 0.15) is 11.6 Å². The Hall–Kier alpha value is -2.48. The SMILES string of the molecule is O=C(NCc1cc(F)cc(F)c1)c1cccc(N2CCCS2(=O)=O)c1. The smallest absolute Gasteiger partial charge is 0.251 e. The van der Waals surface area contributed by atoms with Crippen LogP contribution in [-0.2, 0) is 16.6 Å². The molecule has 2 aromatic rings. The van der Waals surface area contributed by atoms with Crippen molar-refractivity contribution >= 4 is 21.6 Å². The van der Waals surface area contributed by atoms with Crippen LogP contribution in [0.3, 0.4) is 0 Å². The van der Waals surface area contributed by atoms with Crippen molar-refractivity contribution < 1.29 is 22.0 Å². The Morgan fingerprint density at radius 1 is 1.12 bits per heavy atom. The molecule has 1 fully saturated rings. The molecule has 1 N–H and O–H groups in total. The van der Waals surface area contributed by atoms with Gasteiger partial charge in [0, 0.05) is 24.7 Å². The molecule has 132 valence electrons. The largest absolute Gasteiger partial charge is 0.348 e. The van der Waals surface area contributed by atoms with E-state index in [1.54, 1.807) is 18.2 Å². The molecular weight excluding hydrogens is 350 g/mol. The number of sulfonamides is 1. The maximum absolute atomic E-state index is 13.2. The van der Waals surface area contributed by atoms with Gasteiger partial charge in [-0.1, -0.05) is 6.07 Å². The predicted octanol–water partition coefficient (Wildman–Crippen LogP) is 2.43. The minimum atomic E-state index is -3.33. The molecule has 0 aromatic heterocycles. The lowest BCUT2D eigenvalue weighted by molar-refractivity contribution is 0.0950. The first kappa shape index (κ1) is 17.3. The van der Waals surface area contributed by atoms with Crippen LogP contribution in [0.1, 0.15) is 22.3 Å². The minimum Gasteiger partial charge on any atom is -0.348 e. The maximum Gasteiger partial charge on any atom is 0.251 e. The number of rotatable bonds is 4. The van der Waals surface area contributed by atoms with E-state index in [4.69, 9.17) is 0 Å². The number of halogens is 2. The van der Waals surface area contributed by atoms with Crippen LogP contribution in [0.25, 0.3) is 0 Å². The molecule has 0 unspecified atom stereocenters. The summed E-state index contributed by atoms with van der Waals surface area (Å²) in [4.78, 5) is 12.2. The van der Waals surface area contributed by atoms with Gasteiger partial charge in [0.25, 0.3) is 5.91 Å². The zero-order chi connectivity index (χ0) is 18.0. The summed E-state index contributed by atoms with van der Waals surface area (Å²) >= 11 is 0. The predicted molar refractivity (Wildman–Crippen MR) is 89.7 cm³/mol. The zero-order valence-corrected chi connectivity index (χ0v) is 14.0. The van der Waals surface area contributed by atoms with Crippen molar-refractivity contribution in [3.05, 3.63) is 65.2 Å². The van der Waals surface area contributed by atoms with Gasteiger partial charge in [0.15, 0.2) is 0 Å². The normalized spacial score (nSPS) is 16.0. The number of hydrogen-bond donors (Lipinski definition) is 1. The van der Waals surface area contributed by atoms with Crippen LogP contribution >= 0.6 is 0 Å². The topological polar surface area (TPSA) is 66.5 Å². The molecule has 0 radical (unpaired) electrons. The molecule has 25 heavy (non-hydrogen) atoms. The molecule has 0 saturated carbocycles. The molecule has 8 heteroatoms. The van der Waals surface area contributed by atoms with Crippen molar-refractivity contribution in [1.29, 1.82) is 0 Å². The second kappa shape index (κ2) is 6.79. The fourth-order valence-corrected chi connectivity index (χ4v) is 4.29. The number of nitrogens with zero attached hydrogens (tertiary/aromatic N) is 1. The Kier molecular flexibility index (Phi) is 4.71. The van der Waals surface area contributed by atoms with Gasteiger partial charge in [-0.05, 0) is 42.3 Å². The highest BCUT2D eigenvalue weighted by molar-refractivity contribution is 7.93. The van der Waals surface area contributed by atoms with E-state index in [9.17, 15) is 22.0 Å². The van der Waals surface area contributed by atoms with Gasteiger partial charge < -0.3 is 5.32 Å². The van der Waals surface area contributed by atoms with E-state index in [-0.39, 0.29) is 17.9 Å². The number of amides is 1. The molecule has 3 rings (SSSR count). The molecule has 0 spiro atoms. The third-order valence-corrected chi connectivity index (χ3v) is 5.74. The van der Waals surface area contributed by atoms with Crippen LogP contribution in [0.15, 0.2) is 42.5 Å². The first-order valence-electron chi connectivity index (χ1n) is 7.69. The fourth-order valence-electron chi connectivity index (χ4n) is 2.73. The van der Waals surface area contributed by atoms with Crippen molar-refractivity contribution in [2.24, 2.45) is 0 Å². The molecule has 5 nitrogen and oxygen atoms in total. The lowest BCUT2D eigenvalue weighted by atomic mass is 10.1. The van der Waals surface area contributed by atoms with Gasteiger partial charge >= 0.3 is 0 Å². The quantitative estimate of drug-likeness (QED) is 0.904. The number of benzene rings is 2. The first-order chi connectivity index (χ1) is 11.8. The van der Waals surface area contributed by atoms with E-state index in [1.807, 2.05) is 0 Å². The van der Waals surface area contributed by atoms with Gasteiger partial charge in [0.05, 0.1) is 11.4 Å². The van der Waals surface area contributed by atoms with Crippen molar-refractivity contribution in [3.63, 3.8) is 0 Å². The number of anilines is 1. The van der Waals surface area contributed by atoms with Crippen molar-refractivity contribution in [3.8, 4) is 0 Å². The van der Waals surface area contributed by atoms with Gasteiger partial charge in [-0.3, -0.25) is 9.10 Å². The molecule has 1 heterocycles.